The Morgan fingerprint density at radius 2 is 2.23 bits per heavy atom. The molecule has 1 heterocycles. The molecular weight excluding hydrogens is 278 g/mol. The molecule has 0 radical (unpaired) electrons. The zero-order chi connectivity index (χ0) is 15.8. The maximum atomic E-state index is 11.8. The summed E-state index contributed by atoms with van der Waals surface area (Å²) in [6.45, 7) is 2.73. The number of nitrogens with one attached hydrogen (secondary N) is 3. The van der Waals surface area contributed by atoms with E-state index in [1.165, 1.54) is 6.42 Å². The second kappa shape index (κ2) is 8.54. The highest BCUT2D eigenvalue weighted by Gasteiger charge is 2.15. The Balaban J connectivity index is 1.69. The maximum absolute atomic E-state index is 11.8. The predicted octanol–water partition coefficient (Wildman–Crippen LogP) is 1.09. The molecule has 5 nitrogen and oxygen atoms in total. The average Bonchev–Trinajstić information content (AvgIpc) is 3.06. The second-order valence-electron chi connectivity index (χ2n) is 5.78. The maximum Gasteiger partial charge on any atom is 0.251 e. The van der Waals surface area contributed by atoms with Crippen molar-refractivity contribution >= 4 is 11.8 Å². The third-order valence-corrected chi connectivity index (χ3v) is 4.09. The molecule has 0 aromatic heterocycles. The van der Waals surface area contributed by atoms with E-state index in [9.17, 15) is 9.59 Å². The van der Waals surface area contributed by atoms with Gasteiger partial charge in [-0.05, 0) is 56.0 Å². The molecule has 0 aliphatic carbocycles. The van der Waals surface area contributed by atoms with Crippen LogP contribution in [0.4, 0.5) is 0 Å². The van der Waals surface area contributed by atoms with Crippen LogP contribution in [0, 0.1) is 5.92 Å². The molecule has 1 aliphatic heterocycles. The molecule has 1 fully saturated rings. The van der Waals surface area contributed by atoms with E-state index >= 15 is 0 Å². The third-order valence-electron chi connectivity index (χ3n) is 4.09. The predicted molar refractivity (Wildman–Crippen MR) is 86.8 cm³/mol. The van der Waals surface area contributed by atoms with Gasteiger partial charge in [0, 0.05) is 25.6 Å². The first-order valence-corrected chi connectivity index (χ1v) is 7.97. The van der Waals surface area contributed by atoms with E-state index < -0.39 is 0 Å². The van der Waals surface area contributed by atoms with E-state index in [-0.39, 0.29) is 11.8 Å². The van der Waals surface area contributed by atoms with Crippen LogP contribution in [0.3, 0.4) is 0 Å². The summed E-state index contributed by atoms with van der Waals surface area (Å²) in [5.41, 5.74) is 1.71. The van der Waals surface area contributed by atoms with Crippen LogP contribution < -0.4 is 16.0 Å². The first kappa shape index (κ1) is 16.5. The van der Waals surface area contributed by atoms with Gasteiger partial charge in [0.05, 0.1) is 0 Å². The van der Waals surface area contributed by atoms with E-state index in [2.05, 4.69) is 16.0 Å². The number of benzene rings is 1. The minimum Gasteiger partial charge on any atom is -0.356 e. The number of carbonyl (C=O) groups excluding carboxylic acids is 2. The summed E-state index contributed by atoms with van der Waals surface area (Å²) in [7, 11) is 1.62. The van der Waals surface area contributed by atoms with Crippen molar-refractivity contribution in [1.29, 1.82) is 0 Å². The summed E-state index contributed by atoms with van der Waals surface area (Å²) in [6.07, 6.45) is 3.48. The van der Waals surface area contributed by atoms with Gasteiger partial charge in [-0.25, -0.2) is 0 Å². The van der Waals surface area contributed by atoms with Gasteiger partial charge in [-0.15, -0.1) is 0 Å². The van der Waals surface area contributed by atoms with Crippen LogP contribution in [-0.2, 0) is 11.2 Å². The van der Waals surface area contributed by atoms with Crippen LogP contribution >= 0.6 is 0 Å². The fourth-order valence-electron chi connectivity index (χ4n) is 2.74. The smallest absolute Gasteiger partial charge is 0.251 e. The zero-order valence-corrected chi connectivity index (χ0v) is 13.2. The quantitative estimate of drug-likeness (QED) is 0.706. The van der Waals surface area contributed by atoms with Gasteiger partial charge < -0.3 is 16.0 Å². The van der Waals surface area contributed by atoms with E-state index in [4.69, 9.17) is 0 Å². The molecular formula is C17H25N3O2. The monoisotopic (exact) mass is 303 g/mol. The Bertz CT molecular complexity index is 510. The van der Waals surface area contributed by atoms with Crippen molar-refractivity contribution in [3.05, 3.63) is 35.4 Å². The highest BCUT2D eigenvalue weighted by Crippen LogP contribution is 2.13. The van der Waals surface area contributed by atoms with Crippen molar-refractivity contribution in [1.82, 2.24) is 16.0 Å². The van der Waals surface area contributed by atoms with Crippen molar-refractivity contribution in [3.8, 4) is 0 Å². The van der Waals surface area contributed by atoms with Gasteiger partial charge in [-0.3, -0.25) is 9.59 Å². The van der Waals surface area contributed by atoms with E-state index in [1.54, 1.807) is 13.1 Å². The van der Waals surface area contributed by atoms with Crippen LogP contribution in [0.5, 0.6) is 0 Å². The molecule has 3 N–H and O–H groups in total. The third kappa shape index (κ3) is 5.15. The standard InChI is InChI=1S/C17H25N3O2/c1-18-17(22)15-4-2-3-13(11-15)8-10-20-16(21)6-5-14-7-9-19-12-14/h2-4,11,14,19H,5-10,12H2,1H3,(H,18,22)(H,20,21). The van der Waals surface area contributed by atoms with Gasteiger partial charge >= 0.3 is 0 Å². The Hall–Kier alpha value is -1.88. The second-order valence-corrected chi connectivity index (χ2v) is 5.78. The molecule has 1 saturated heterocycles. The molecule has 1 aliphatic rings. The Morgan fingerprint density at radius 3 is 2.95 bits per heavy atom. The van der Waals surface area contributed by atoms with E-state index in [1.807, 2.05) is 18.2 Å². The van der Waals surface area contributed by atoms with Crippen molar-refractivity contribution in [2.45, 2.75) is 25.7 Å². The van der Waals surface area contributed by atoms with Gasteiger partial charge in [-0.2, -0.15) is 0 Å². The Kier molecular flexibility index (Phi) is 6.40. The average molecular weight is 303 g/mol. The summed E-state index contributed by atoms with van der Waals surface area (Å²) in [5.74, 6) is 0.681. The summed E-state index contributed by atoms with van der Waals surface area (Å²) < 4.78 is 0. The number of carbonyl (C=O) groups is 2. The molecule has 0 spiro atoms. The number of hydrogen-bond acceptors (Lipinski definition) is 3. The molecule has 120 valence electrons. The van der Waals surface area contributed by atoms with Gasteiger partial charge in [0.2, 0.25) is 5.91 Å². The molecule has 1 aromatic carbocycles. The molecule has 22 heavy (non-hydrogen) atoms. The number of hydrogen-bond donors (Lipinski definition) is 3. The van der Waals surface area contributed by atoms with Crippen molar-refractivity contribution in [3.63, 3.8) is 0 Å². The molecule has 2 amide bonds. The molecule has 0 saturated carbocycles. The lowest BCUT2D eigenvalue weighted by molar-refractivity contribution is -0.121. The van der Waals surface area contributed by atoms with Gasteiger partial charge in [0.1, 0.15) is 0 Å². The minimum atomic E-state index is -0.0870. The van der Waals surface area contributed by atoms with Crippen molar-refractivity contribution in [2.75, 3.05) is 26.7 Å². The zero-order valence-electron chi connectivity index (χ0n) is 13.2. The molecule has 1 aromatic rings. The van der Waals surface area contributed by atoms with Crippen molar-refractivity contribution in [2.24, 2.45) is 5.92 Å². The van der Waals surface area contributed by atoms with E-state index in [0.29, 0.717) is 24.4 Å². The molecule has 2 rings (SSSR count). The summed E-state index contributed by atoms with van der Waals surface area (Å²) >= 11 is 0. The highest BCUT2D eigenvalue weighted by molar-refractivity contribution is 5.94. The van der Waals surface area contributed by atoms with Crippen molar-refractivity contribution < 1.29 is 9.59 Å². The van der Waals surface area contributed by atoms with Gasteiger partial charge in [-0.1, -0.05) is 12.1 Å². The summed E-state index contributed by atoms with van der Waals surface area (Å²) in [6, 6.07) is 7.50. The van der Waals surface area contributed by atoms with Gasteiger partial charge in [0.25, 0.3) is 5.91 Å². The summed E-state index contributed by atoms with van der Waals surface area (Å²) in [4.78, 5) is 23.4. The lowest BCUT2D eigenvalue weighted by Gasteiger charge is -2.09. The topological polar surface area (TPSA) is 70.2 Å². The molecule has 1 unspecified atom stereocenters. The normalized spacial score (nSPS) is 17.2. The Morgan fingerprint density at radius 1 is 1.36 bits per heavy atom. The van der Waals surface area contributed by atoms with Crippen LogP contribution in [-0.4, -0.2) is 38.5 Å². The number of rotatable bonds is 7. The summed E-state index contributed by atoms with van der Waals surface area (Å²) in [5, 5.41) is 8.89. The molecule has 1 atom stereocenters. The fraction of sp³-hybridized carbons (Fsp3) is 0.529. The van der Waals surface area contributed by atoms with Crippen LogP contribution in [0.1, 0.15) is 35.2 Å². The molecule has 5 heteroatoms. The minimum absolute atomic E-state index is 0.0870. The lowest BCUT2D eigenvalue weighted by Crippen LogP contribution is -2.26. The first-order valence-electron chi connectivity index (χ1n) is 7.97. The first-order chi connectivity index (χ1) is 10.7. The van der Waals surface area contributed by atoms with Crippen LogP contribution in [0.25, 0.3) is 0 Å². The lowest BCUT2D eigenvalue weighted by atomic mass is 10.0. The van der Waals surface area contributed by atoms with E-state index in [0.717, 1.165) is 31.5 Å². The van der Waals surface area contributed by atoms with Gasteiger partial charge in [0.15, 0.2) is 0 Å². The molecule has 0 bridgehead atoms. The largest absolute Gasteiger partial charge is 0.356 e. The fourth-order valence-corrected chi connectivity index (χ4v) is 2.74. The Labute approximate surface area is 131 Å². The van der Waals surface area contributed by atoms with Crippen LogP contribution in [0.2, 0.25) is 0 Å². The number of amides is 2. The van der Waals surface area contributed by atoms with Crippen LogP contribution in [0.15, 0.2) is 24.3 Å². The highest BCUT2D eigenvalue weighted by atomic mass is 16.2. The SMILES string of the molecule is CNC(=O)c1cccc(CCNC(=O)CCC2CCNC2)c1.